The number of aromatic amines is 1. The van der Waals surface area contributed by atoms with E-state index < -0.39 is 5.91 Å². The molecule has 1 amide bonds. The highest BCUT2D eigenvalue weighted by Gasteiger charge is 2.08. The van der Waals surface area contributed by atoms with Crippen LogP contribution in [0.3, 0.4) is 0 Å². The molecule has 1 rings (SSSR count). The van der Waals surface area contributed by atoms with E-state index in [-0.39, 0.29) is 0 Å². The maximum absolute atomic E-state index is 11.0. The summed E-state index contributed by atoms with van der Waals surface area (Å²) in [7, 11) is 0. The lowest BCUT2D eigenvalue weighted by atomic mass is 10.2. The van der Waals surface area contributed by atoms with Crippen LogP contribution in [0.1, 0.15) is 21.7 Å². The van der Waals surface area contributed by atoms with Gasteiger partial charge in [-0.2, -0.15) is 0 Å². The number of nitrogens with one attached hydrogen (secondary N) is 1. The zero-order valence-corrected chi connectivity index (χ0v) is 6.83. The summed E-state index contributed by atoms with van der Waals surface area (Å²) in [5.74, 6) is -0.567. The normalized spacial score (nSPS) is 9.17. The van der Waals surface area contributed by atoms with Gasteiger partial charge in [-0.05, 0) is 36.1 Å². The minimum atomic E-state index is -0.567. The molecule has 0 aliphatic rings. The van der Waals surface area contributed by atoms with Crippen molar-refractivity contribution in [2.75, 3.05) is 0 Å². The van der Waals surface area contributed by atoms with Crippen LogP contribution in [0.5, 0.6) is 0 Å². The Morgan fingerprint density at radius 2 is 2.33 bits per heavy atom. The summed E-state index contributed by atoms with van der Waals surface area (Å²) in [4.78, 5) is 16.3. The number of aryl methyl sites for hydroxylation is 2. The van der Waals surface area contributed by atoms with Crippen LogP contribution in [0.15, 0.2) is 11.2 Å². The van der Waals surface area contributed by atoms with E-state index in [1.807, 2.05) is 13.0 Å². The van der Waals surface area contributed by atoms with Crippen molar-refractivity contribution >= 4 is 5.91 Å². The van der Waals surface area contributed by atoms with Crippen molar-refractivity contribution < 1.29 is 4.79 Å². The van der Waals surface area contributed by atoms with E-state index >= 15 is 0 Å². The lowest BCUT2D eigenvalue weighted by Gasteiger charge is -1.89. The fraction of sp³-hybridized carbons (Fsp3) is 0.286. The van der Waals surface area contributed by atoms with E-state index in [0.29, 0.717) is 5.69 Å². The molecule has 0 aliphatic heterocycles. The molecule has 0 atom stereocenters. The molecule has 1 aromatic rings. The Morgan fingerprint density at radius 1 is 1.67 bits per heavy atom. The third kappa shape index (κ3) is 1.46. The van der Waals surface area contributed by atoms with Crippen molar-refractivity contribution in [3.8, 4) is 0 Å². The molecule has 62 valence electrons. The fourth-order valence-electron chi connectivity index (χ4n) is 1.04. The number of azide groups is 1. The molecule has 0 saturated heterocycles. The van der Waals surface area contributed by atoms with Crippen molar-refractivity contribution in [2.24, 2.45) is 5.11 Å². The van der Waals surface area contributed by atoms with Gasteiger partial charge in [0.05, 0.1) is 5.69 Å². The van der Waals surface area contributed by atoms with Gasteiger partial charge in [0.25, 0.3) is 5.91 Å². The second-order valence-corrected chi connectivity index (χ2v) is 2.50. The number of hydrogen-bond acceptors (Lipinski definition) is 1. The molecule has 1 heterocycles. The SMILES string of the molecule is Cc1cc(C)c(C(=O)N=[N+]=[N-])[nH]1. The van der Waals surface area contributed by atoms with E-state index in [1.165, 1.54) is 0 Å². The zero-order chi connectivity index (χ0) is 9.14. The zero-order valence-electron chi connectivity index (χ0n) is 6.83. The smallest absolute Gasteiger partial charge is 0.265 e. The van der Waals surface area contributed by atoms with E-state index in [2.05, 4.69) is 15.0 Å². The Labute approximate surface area is 69.0 Å². The second kappa shape index (κ2) is 3.11. The Balaban J connectivity index is 3.10. The molecule has 0 spiro atoms. The van der Waals surface area contributed by atoms with E-state index in [0.717, 1.165) is 11.3 Å². The third-order valence-corrected chi connectivity index (χ3v) is 1.50. The highest BCUT2D eigenvalue weighted by atomic mass is 16.1. The average molecular weight is 164 g/mol. The average Bonchev–Trinajstić information content (AvgIpc) is 2.30. The number of carbonyl (C=O) groups is 1. The molecular formula is C7H8N4O. The number of carbonyl (C=O) groups excluding carboxylic acids is 1. The minimum Gasteiger partial charge on any atom is -0.356 e. The van der Waals surface area contributed by atoms with Gasteiger partial charge in [-0.25, -0.2) is 0 Å². The van der Waals surface area contributed by atoms with E-state index in [9.17, 15) is 4.79 Å². The van der Waals surface area contributed by atoms with Gasteiger partial charge in [-0.3, -0.25) is 4.79 Å². The Kier molecular flexibility index (Phi) is 2.16. The predicted molar refractivity (Wildman–Crippen MR) is 43.7 cm³/mol. The van der Waals surface area contributed by atoms with Crippen LogP contribution in [0.25, 0.3) is 10.4 Å². The number of rotatable bonds is 1. The van der Waals surface area contributed by atoms with Crippen LogP contribution >= 0.6 is 0 Å². The quantitative estimate of drug-likeness (QED) is 0.384. The van der Waals surface area contributed by atoms with Crippen molar-refractivity contribution in [3.05, 3.63) is 33.5 Å². The van der Waals surface area contributed by atoms with E-state index in [4.69, 9.17) is 5.53 Å². The van der Waals surface area contributed by atoms with Gasteiger partial charge >= 0.3 is 0 Å². The maximum atomic E-state index is 11.0. The van der Waals surface area contributed by atoms with Crippen LogP contribution in [0.2, 0.25) is 0 Å². The highest BCUT2D eigenvalue weighted by Crippen LogP contribution is 2.09. The molecule has 5 nitrogen and oxygen atoms in total. The molecule has 0 aromatic carbocycles. The molecule has 0 bridgehead atoms. The number of hydrogen-bond donors (Lipinski definition) is 1. The molecule has 12 heavy (non-hydrogen) atoms. The molecule has 0 saturated carbocycles. The van der Waals surface area contributed by atoms with Crippen molar-refractivity contribution in [3.63, 3.8) is 0 Å². The lowest BCUT2D eigenvalue weighted by Crippen LogP contribution is -1.95. The summed E-state index contributed by atoms with van der Waals surface area (Å²) in [5, 5.41) is 2.98. The summed E-state index contributed by atoms with van der Waals surface area (Å²) in [6.07, 6.45) is 0. The van der Waals surface area contributed by atoms with Gasteiger partial charge in [-0.15, -0.1) is 0 Å². The first-order valence-electron chi connectivity index (χ1n) is 3.41. The third-order valence-electron chi connectivity index (χ3n) is 1.50. The van der Waals surface area contributed by atoms with Gasteiger partial charge in [0.1, 0.15) is 0 Å². The lowest BCUT2D eigenvalue weighted by molar-refractivity contribution is 0.0995. The van der Waals surface area contributed by atoms with Crippen LogP contribution in [-0.2, 0) is 0 Å². The standard InChI is InChI=1S/C7H8N4O/c1-4-3-5(2)9-6(4)7(12)10-11-8/h3,9H,1-2H3. The first-order valence-corrected chi connectivity index (χ1v) is 3.41. The van der Waals surface area contributed by atoms with Gasteiger partial charge < -0.3 is 4.98 Å². The van der Waals surface area contributed by atoms with Crippen molar-refractivity contribution in [2.45, 2.75) is 13.8 Å². The molecule has 0 aliphatic carbocycles. The number of H-pyrrole nitrogens is 1. The van der Waals surface area contributed by atoms with Gasteiger partial charge in [0.2, 0.25) is 0 Å². The highest BCUT2D eigenvalue weighted by molar-refractivity contribution is 5.94. The predicted octanol–water partition coefficient (Wildman–Crippen LogP) is 2.08. The van der Waals surface area contributed by atoms with Crippen LogP contribution in [0, 0.1) is 13.8 Å². The Morgan fingerprint density at radius 3 is 2.75 bits per heavy atom. The summed E-state index contributed by atoms with van der Waals surface area (Å²) in [6, 6.07) is 1.82. The van der Waals surface area contributed by atoms with Gasteiger partial charge in [-0.1, -0.05) is 0 Å². The number of aromatic nitrogens is 1. The molecule has 5 heteroatoms. The topological polar surface area (TPSA) is 81.6 Å². The monoisotopic (exact) mass is 164 g/mol. The van der Waals surface area contributed by atoms with Crippen LogP contribution in [-0.4, -0.2) is 10.9 Å². The fourth-order valence-corrected chi connectivity index (χ4v) is 1.04. The summed E-state index contributed by atoms with van der Waals surface area (Å²) >= 11 is 0. The van der Waals surface area contributed by atoms with Crippen LogP contribution in [0.4, 0.5) is 0 Å². The van der Waals surface area contributed by atoms with Gasteiger partial charge in [0.15, 0.2) is 0 Å². The molecule has 0 unspecified atom stereocenters. The summed E-state index contributed by atoms with van der Waals surface area (Å²) in [5.41, 5.74) is 10.1. The van der Waals surface area contributed by atoms with Crippen molar-refractivity contribution in [1.82, 2.24) is 4.98 Å². The first kappa shape index (κ1) is 8.36. The minimum absolute atomic E-state index is 0.366. The molecule has 0 fully saturated rings. The molecule has 1 aromatic heterocycles. The van der Waals surface area contributed by atoms with E-state index in [1.54, 1.807) is 6.92 Å². The van der Waals surface area contributed by atoms with Gasteiger partial charge in [0, 0.05) is 10.6 Å². The molecular weight excluding hydrogens is 156 g/mol. The second-order valence-electron chi connectivity index (χ2n) is 2.50. The Hall–Kier alpha value is -1.74. The largest absolute Gasteiger partial charge is 0.356 e. The summed E-state index contributed by atoms with van der Waals surface area (Å²) < 4.78 is 0. The maximum Gasteiger partial charge on any atom is 0.265 e. The first-order chi connectivity index (χ1) is 5.65. The van der Waals surface area contributed by atoms with Crippen molar-refractivity contribution in [1.29, 1.82) is 0 Å². The number of amides is 1. The summed E-state index contributed by atoms with van der Waals surface area (Å²) in [6.45, 7) is 3.61. The molecule has 1 N–H and O–H groups in total. The Bertz CT molecular complexity index is 359. The van der Waals surface area contributed by atoms with Crippen LogP contribution < -0.4 is 0 Å². The molecule has 0 radical (unpaired) electrons. The number of nitrogens with zero attached hydrogens (tertiary/aromatic N) is 3.